The first-order valence-electron chi connectivity index (χ1n) is 17.7. The summed E-state index contributed by atoms with van der Waals surface area (Å²) < 4.78 is 70.8. The van der Waals surface area contributed by atoms with Crippen molar-refractivity contribution in [2.24, 2.45) is 5.92 Å². The number of β-amino-alcohol motifs (C(OH)–C–C–N with tert-alkyl or cyclic N) is 1. The first-order chi connectivity index (χ1) is 23.4. The third-order valence-corrected chi connectivity index (χ3v) is 13.0. The molecule has 4 aliphatic rings. The van der Waals surface area contributed by atoms with Gasteiger partial charge in [0.05, 0.1) is 30.2 Å². The molecule has 0 aliphatic carbocycles. The second-order valence-corrected chi connectivity index (χ2v) is 17.4. The Morgan fingerprint density at radius 2 is 1.76 bits per heavy atom. The highest BCUT2D eigenvalue weighted by molar-refractivity contribution is 7.99. The van der Waals surface area contributed by atoms with Crippen LogP contribution in [0.1, 0.15) is 55.3 Å². The van der Waals surface area contributed by atoms with Crippen molar-refractivity contribution in [1.82, 2.24) is 28.8 Å². The molecular weight excluding hydrogens is 678 g/mol. The van der Waals surface area contributed by atoms with Crippen molar-refractivity contribution in [1.29, 1.82) is 0 Å². The molecule has 4 aliphatic heterocycles. The topological polar surface area (TPSA) is 105 Å². The predicted molar refractivity (Wildman–Crippen MR) is 185 cm³/mol. The molecule has 49 heavy (non-hydrogen) atoms. The number of likely N-dealkylation sites (tertiary alicyclic amines) is 3. The Kier molecular flexibility index (Phi) is 12.0. The van der Waals surface area contributed by atoms with Crippen LogP contribution < -0.4 is 0 Å². The molecule has 3 saturated heterocycles. The summed E-state index contributed by atoms with van der Waals surface area (Å²) in [5.74, 6) is 0.659. The molecule has 0 spiro atoms. The number of halogens is 3. The minimum absolute atomic E-state index is 0.0775. The molecule has 274 valence electrons. The van der Waals surface area contributed by atoms with Crippen LogP contribution in [0, 0.1) is 5.92 Å². The molecule has 1 aromatic heterocycles. The highest BCUT2D eigenvalue weighted by Gasteiger charge is 2.35. The maximum Gasteiger partial charge on any atom is 0.417 e. The van der Waals surface area contributed by atoms with Crippen molar-refractivity contribution in [2.45, 2.75) is 81.3 Å². The lowest BCUT2D eigenvalue weighted by atomic mass is 9.99. The number of aliphatic hydroxyl groups excluding tert-OH is 2. The number of nitrogens with zero attached hydrogens (tertiary/aromatic N) is 6. The lowest BCUT2D eigenvalue weighted by molar-refractivity contribution is -0.139. The molecule has 2 aromatic rings. The summed E-state index contributed by atoms with van der Waals surface area (Å²) in [7, 11) is -3.51. The number of benzene rings is 1. The van der Waals surface area contributed by atoms with Gasteiger partial charge in [0.15, 0.2) is 0 Å². The fraction of sp³-hybridized carbons (Fsp3) is 0.735. The van der Waals surface area contributed by atoms with Gasteiger partial charge in [-0.25, -0.2) is 8.42 Å². The number of hydrogen-bond donors (Lipinski definition) is 2. The Balaban J connectivity index is 1.20. The number of aromatic nitrogens is 2. The van der Waals surface area contributed by atoms with E-state index in [4.69, 9.17) is 5.10 Å². The maximum absolute atomic E-state index is 14.2. The van der Waals surface area contributed by atoms with E-state index >= 15 is 0 Å². The number of piperidine rings is 2. The van der Waals surface area contributed by atoms with Gasteiger partial charge in [0.1, 0.15) is 0 Å². The third-order valence-electron chi connectivity index (χ3n) is 10.7. The van der Waals surface area contributed by atoms with E-state index in [0.29, 0.717) is 48.1 Å². The summed E-state index contributed by atoms with van der Waals surface area (Å²) in [4.78, 5) is 7.20. The highest BCUT2D eigenvalue weighted by Crippen LogP contribution is 2.40. The molecule has 0 bridgehead atoms. The van der Waals surface area contributed by atoms with Gasteiger partial charge in [0, 0.05) is 79.3 Å². The van der Waals surface area contributed by atoms with Gasteiger partial charge in [0.25, 0.3) is 0 Å². The van der Waals surface area contributed by atoms with Crippen molar-refractivity contribution in [3.8, 4) is 11.3 Å². The molecule has 10 nitrogen and oxygen atoms in total. The van der Waals surface area contributed by atoms with Gasteiger partial charge < -0.3 is 24.9 Å². The molecule has 2 N–H and O–H groups in total. The van der Waals surface area contributed by atoms with Gasteiger partial charge in [-0.1, -0.05) is 6.07 Å². The summed E-state index contributed by atoms with van der Waals surface area (Å²) in [6, 6.07) is 4.68. The molecule has 3 fully saturated rings. The standard InChI is InChI=1S/C34H51F3N6O4S2/c1-49(46,47)42-16-10-31-29(23-42)33(38-43(31)22-28(45)21-40-14-8-27(9-15-40)41-12-2-3-13-41)26-6-7-30(34(35,36)37)32(19-26)48-18-17-39-11-4-5-25(20-39)24-44/h6-7,19,25,27-28,44-45H,2-5,8-18,20-24H2,1H3. The summed E-state index contributed by atoms with van der Waals surface area (Å²) in [6.45, 7) is 7.64. The van der Waals surface area contributed by atoms with Crippen molar-refractivity contribution in [3.63, 3.8) is 0 Å². The molecule has 1 aromatic carbocycles. The average Bonchev–Trinajstić information content (AvgIpc) is 3.73. The van der Waals surface area contributed by atoms with Crippen molar-refractivity contribution in [3.05, 3.63) is 35.0 Å². The molecule has 0 saturated carbocycles. The number of rotatable bonds is 12. The van der Waals surface area contributed by atoms with Crippen LogP contribution in [0.3, 0.4) is 0 Å². The Hall–Kier alpha value is -1.72. The van der Waals surface area contributed by atoms with E-state index in [1.807, 2.05) is 0 Å². The molecule has 2 atom stereocenters. The van der Waals surface area contributed by atoms with E-state index in [-0.39, 0.29) is 37.1 Å². The van der Waals surface area contributed by atoms with E-state index in [9.17, 15) is 31.8 Å². The zero-order valence-corrected chi connectivity index (χ0v) is 30.1. The van der Waals surface area contributed by atoms with Crippen LogP contribution in [-0.2, 0) is 35.7 Å². The van der Waals surface area contributed by atoms with Crippen LogP contribution in [-0.4, -0.2) is 137 Å². The fourth-order valence-corrected chi connectivity index (χ4v) is 9.98. The number of fused-ring (bicyclic) bond motifs is 1. The number of aliphatic hydroxyl groups is 2. The van der Waals surface area contributed by atoms with E-state index in [0.717, 1.165) is 81.6 Å². The Labute approximate surface area is 292 Å². The SMILES string of the molecule is CS(=O)(=O)N1CCc2c(c(-c3ccc(C(F)(F)F)c(SCCN4CCCC(CO)C4)c3)nn2CC(O)CN2CCC(N3CCCC3)CC2)C1. The van der Waals surface area contributed by atoms with Crippen molar-refractivity contribution >= 4 is 21.8 Å². The lowest BCUT2D eigenvalue weighted by Gasteiger charge is -2.37. The van der Waals surface area contributed by atoms with E-state index in [1.165, 1.54) is 42.4 Å². The van der Waals surface area contributed by atoms with Gasteiger partial charge in [-0.3, -0.25) is 4.68 Å². The van der Waals surface area contributed by atoms with Crippen molar-refractivity contribution in [2.75, 3.05) is 77.5 Å². The summed E-state index contributed by atoms with van der Waals surface area (Å²) in [5.41, 5.74) is 1.74. The van der Waals surface area contributed by atoms with Crippen LogP contribution in [0.5, 0.6) is 0 Å². The minimum Gasteiger partial charge on any atom is -0.396 e. The molecule has 0 amide bonds. The third kappa shape index (κ3) is 9.21. The van der Waals surface area contributed by atoms with Gasteiger partial charge in [-0.05, 0) is 89.3 Å². The van der Waals surface area contributed by atoms with Crippen LogP contribution >= 0.6 is 11.8 Å². The zero-order chi connectivity index (χ0) is 34.8. The number of hydrogen-bond acceptors (Lipinski definition) is 9. The Bertz CT molecular complexity index is 1530. The summed E-state index contributed by atoms with van der Waals surface area (Å²) in [5, 5.41) is 25.7. The lowest BCUT2D eigenvalue weighted by Crippen LogP contribution is -2.46. The first kappa shape index (κ1) is 37.1. The molecular formula is C34H51F3N6O4S2. The van der Waals surface area contributed by atoms with Gasteiger partial charge in [-0.15, -0.1) is 11.8 Å². The quantitative estimate of drug-likeness (QED) is 0.318. The second-order valence-electron chi connectivity index (χ2n) is 14.3. The Morgan fingerprint density at radius 3 is 2.45 bits per heavy atom. The smallest absolute Gasteiger partial charge is 0.396 e. The average molecular weight is 729 g/mol. The minimum atomic E-state index is -4.53. The van der Waals surface area contributed by atoms with Crippen LogP contribution in [0.15, 0.2) is 23.1 Å². The van der Waals surface area contributed by atoms with E-state index in [2.05, 4.69) is 14.7 Å². The van der Waals surface area contributed by atoms with Crippen molar-refractivity contribution < 1.29 is 31.8 Å². The number of thioether (sulfide) groups is 1. The second kappa shape index (κ2) is 15.9. The van der Waals surface area contributed by atoms with Gasteiger partial charge in [-0.2, -0.15) is 22.6 Å². The molecule has 15 heteroatoms. The highest BCUT2D eigenvalue weighted by atomic mass is 32.2. The predicted octanol–water partition coefficient (Wildman–Crippen LogP) is 3.60. The van der Waals surface area contributed by atoms with Crippen LogP contribution in [0.4, 0.5) is 13.2 Å². The van der Waals surface area contributed by atoms with Crippen LogP contribution in [0.2, 0.25) is 0 Å². The monoisotopic (exact) mass is 728 g/mol. The fourth-order valence-electron chi connectivity index (χ4n) is 8.07. The molecule has 0 radical (unpaired) electrons. The number of alkyl halides is 3. The normalized spacial score (nSPS) is 23.3. The van der Waals surface area contributed by atoms with E-state index < -0.39 is 27.9 Å². The molecule has 2 unspecified atom stereocenters. The zero-order valence-electron chi connectivity index (χ0n) is 28.5. The van der Waals surface area contributed by atoms with Crippen LogP contribution in [0.25, 0.3) is 11.3 Å². The van der Waals surface area contributed by atoms with Gasteiger partial charge in [0.2, 0.25) is 10.0 Å². The summed E-state index contributed by atoms with van der Waals surface area (Å²) in [6.07, 6.45) is 2.97. The summed E-state index contributed by atoms with van der Waals surface area (Å²) >= 11 is 1.16. The van der Waals surface area contributed by atoms with E-state index in [1.54, 1.807) is 4.68 Å². The molecule has 6 rings (SSSR count). The largest absolute Gasteiger partial charge is 0.417 e. The molecule has 5 heterocycles. The Morgan fingerprint density at radius 1 is 1.00 bits per heavy atom. The van der Waals surface area contributed by atoms with Gasteiger partial charge >= 0.3 is 6.18 Å². The number of sulfonamides is 1. The maximum atomic E-state index is 14.2. The first-order valence-corrected chi connectivity index (χ1v) is 20.6.